The van der Waals surface area contributed by atoms with Gasteiger partial charge in [0.25, 0.3) is 5.56 Å². The lowest BCUT2D eigenvalue weighted by atomic mass is 10.1. The maximum atomic E-state index is 12.6. The summed E-state index contributed by atoms with van der Waals surface area (Å²) in [5.41, 5.74) is 11.1. The van der Waals surface area contributed by atoms with Crippen molar-refractivity contribution in [1.29, 1.82) is 0 Å². The van der Waals surface area contributed by atoms with Crippen LogP contribution in [-0.2, 0) is 0 Å². The molecule has 0 atom stereocenters. The average molecular weight is 385 g/mol. The number of aliphatic imine (C=N–C) groups is 1. The molecule has 28 heavy (non-hydrogen) atoms. The number of hydrogen-bond acceptors (Lipinski definition) is 6. The molecular formula is C21H15N5OS. The van der Waals surface area contributed by atoms with Crippen LogP contribution < -0.4 is 11.3 Å². The molecule has 3 heterocycles. The highest BCUT2D eigenvalue weighted by Crippen LogP contribution is 2.33. The molecule has 1 aliphatic rings. The van der Waals surface area contributed by atoms with E-state index >= 15 is 0 Å². The normalized spacial score (nSPS) is 14.1. The summed E-state index contributed by atoms with van der Waals surface area (Å²) in [5, 5.41) is 5.34. The van der Waals surface area contributed by atoms with E-state index in [1.807, 2.05) is 55.5 Å². The zero-order valence-electron chi connectivity index (χ0n) is 15.0. The predicted molar refractivity (Wildman–Crippen MR) is 114 cm³/mol. The number of nitrogens with two attached hydrogens (primary N) is 1. The summed E-state index contributed by atoms with van der Waals surface area (Å²) in [6, 6.07) is 15.8. The van der Waals surface area contributed by atoms with Crippen LogP contribution in [-0.4, -0.2) is 20.8 Å². The van der Waals surface area contributed by atoms with E-state index in [9.17, 15) is 4.79 Å². The van der Waals surface area contributed by atoms with Crippen LogP contribution in [0.1, 0.15) is 16.7 Å². The molecule has 2 aromatic carbocycles. The quantitative estimate of drug-likeness (QED) is 0.566. The van der Waals surface area contributed by atoms with Gasteiger partial charge >= 0.3 is 0 Å². The van der Waals surface area contributed by atoms with Crippen molar-refractivity contribution in [3.05, 3.63) is 75.6 Å². The molecule has 0 aliphatic carbocycles. The Bertz CT molecular complexity index is 1350. The van der Waals surface area contributed by atoms with Gasteiger partial charge in [0.1, 0.15) is 10.8 Å². The number of nitrogen functional groups attached to an aromatic ring is 1. The van der Waals surface area contributed by atoms with Crippen LogP contribution in [0.5, 0.6) is 0 Å². The summed E-state index contributed by atoms with van der Waals surface area (Å²) in [6.07, 6.45) is 3.47. The highest BCUT2D eigenvalue weighted by molar-refractivity contribution is 7.19. The SMILES string of the molecule is Cc1ccc(-c2nn3c(N)c(/C=C4\C=Nc5ccccc54)c(=O)nc3s2)cc1. The Labute approximate surface area is 164 Å². The van der Waals surface area contributed by atoms with E-state index in [2.05, 4.69) is 15.1 Å². The van der Waals surface area contributed by atoms with Gasteiger partial charge in [-0.1, -0.05) is 59.4 Å². The molecule has 0 bridgehead atoms. The molecule has 2 N–H and O–H groups in total. The smallest absolute Gasteiger partial charge is 0.283 e. The lowest BCUT2D eigenvalue weighted by molar-refractivity contribution is 0.944. The first-order valence-electron chi connectivity index (χ1n) is 8.72. The molecule has 7 heteroatoms. The molecule has 0 unspecified atom stereocenters. The third-order valence-corrected chi connectivity index (χ3v) is 5.61. The van der Waals surface area contributed by atoms with Crippen LogP contribution in [0.2, 0.25) is 0 Å². The standard InChI is InChI=1S/C21H15N5OS/c1-12-6-8-13(9-7-12)20-25-26-18(22)16(19(27)24-21(26)28-20)10-14-11-23-17-5-3-2-4-15(14)17/h2-11H,22H2,1H3/b14-10+. The fourth-order valence-corrected chi connectivity index (χ4v) is 4.04. The molecule has 0 fully saturated rings. The van der Waals surface area contributed by atoms with Gasteiger partial charge in [0.2, 0.25) is 4.96 Å². The lowest BCUT2D eigenvalue weighted by Gasteiger charge is -2.03. The Morgan fingerprint density at radius 2 is 1.89 bits per heavy atom. The van der Waals surface area contributed by atoms with Crippen molar-refractivity contribution >= 4 is 45.7 Å². The van der Waals surface area contributed by atoms with E-state index in [1.165, 1.54) is 21.4 Å². The van der Waals surface area contributed by atoms with E-state index in [0.29, 0.717) is 10.5 Å². The first kappa shape index (κ1) is 16.6. The average Bonchev–Trinajstić information content (AvgIpc) is 3.30. The summed E-state index contributed by atoms with van der Waals surface area (Å²) in [5.74, 6) is 0.273. The minimum Gasteiger partial charge on any atom is -0.383 e. The number of anilines is 1. The first-order valence-corrected chi connectivity index (χ1v) is 9.53. The maximum absolute atomic E-state index is 12.6. The number of aromatic nitrogens is 3. The molecule has 4 aromatic rings. The van der Waals surface area contributed by atoms with Crippen molar-refractivity contribution in [2.24, 2.45) is 4.99 Å². The fraction of sp³-hybridized carbons (Fsp3) is 0.0476. The van der Waals surface area contributed by atoms with Crippen molar-refractivity contribution < 1.29 is 0 Å². The zero-order chi connectivity index (χ0) is 19.3. The predicted octanol–water partition coefficient (Wildman–Crippen LogP) is 3.97. The maximum Gasteiger partial charge on any atom is 0.283 e. The van der Waals surface area contributed by atoms with Gasteiger partial charge in [0, 0.05) is 22.9 Å². The lowest BCUT2D eigenvalue weighted by Crippen LogP contribution is -2.16. The molecule has 6 nitrogen and oxygen atoms in total. The summed E-state index contributed by atoms with van der Waals surface area (Å²) >= 11 is 1.34. The zero-order valence-corrected chi connectivity index (χ0v) is 15.8. The Morgan fingerprint density at radius 1 is 1.11 bits per heavy atom. The molecule has 2 aromatic heterocycles. The summed E-state index contributed by atoms with van der Waals surface area (Å²) in [4.78, 5) is 21.7. The number of nitrogens with zero attached hydrogens (tertiary/aromatic N) is 4. The molecule has 0 spiro atoms. The van der Waals surface area contributed by atoms with Crippen LogP contribution >= 0.6 is 11.3 Å². The van der Waals surface area contributed by atoms with Crippen LogP contribution in [0.15, 0.2) is 58.3 Å². The molecule has 1 aliphatic heterocycles. The van der Waals surface area contributed by atoms with Crippen molar-refractivity contribution in [1.82, 2.24) is 14.6 Å². The number of hydrogen-bond donors (Lipinski definition) is 1. The van der Waals surface area contributed by atoms with Crippen LogP contribution in [0.4, 0.5) is 11.5 Å². The molecular weight excluding hydrogens is 370 g/mol. The van der Waals surface area contributed by atoms with Crippen molar-refractivity contribution in [3.63, 3.8) is 0 Å². The Morgan fingerprint density at radius 3 is 2.71 bits per heavy atom. The van der Waals surface area contributed by atoms with Gasteiger partial charge in [-0.25, -0.2) is 0 Å². The molecule has 0 saturated heterocycles. The Balaban J connectivity index is 1.65. The Kier molecular flexibility index (Phi) is 3.70. The minimum atomic E-state index is -0.373. The molecule has 0 radical (unpaired) electrons. The van der Waals surface area contributed by atoms with Gasteiger partial charge in [0.05, 0.1) is 11.3 Å². The van der Waals surface area contributed by atoms with E-state index in [1.54, 1.807) is 12.3 Å². The second kappa shape index (κ2) is 6.24. The Hall–Kier alpha value is -3.58. The van der Waals surface area contributed by atoms with Crippen LogP contribution in [0.25, 0.3) is 27.2 Å². The summed E-state index contributed by atoms with van der Waals surface area (Å²) in [7, 11) is 0. The number of rotatable bonds is 2. The van der Waals surface area contributed by atoms with Gasteiger partial charge in [-0.05, 0) is 19.1 Å². The summed E-state index contributed by atoms with van der Waals surface area (Å²) in [6.45, 7) is 2.03. The number of aryl methyl sites for hydroxylation is 1. The highest BCUT2D eigenvalue weighted by atomic mass is 32.1. The first-order chi connectivity index (χ1) is 13.6. The third-order valence-electron chi connectivity index (χ3n) is 4.65. The fourth-order valence-electron chi connectivity index (χ4n) is 3.14. The topological polar surface area (TPSA) is 85.6 Å². The molecule has 0 saturated carbocycles. The van der Waals surface area contributed by atoms with E-state index in [0.717, 1.165) is 27.4 Å². The van der Waals surface area contributed by atoms with Gasteiger partial charge in [-0.2, -0.15) is 14.6 Å². The van der Waals surface area contributed by atoms with Gasteiger partial charge < -0.3 is 5.73 Å². The number of allylic oxidation sites excluding steroid dienone is 1. The number of benzene rings is 2. The van der Waals surface area contributed by atoms with Crippen molar-refractivity contribution in [2.75, 3.05) is 5.73 Å². The van der Waals surface area contributed by atoms with E-state index in [4.69, 9.17) is 5.73 Å². The van der Waals surface area contributed by atoms with Gasteiger partial charge in [-0.3, -0.25) is 9.79 Å². The largest absolute Gasteiger partial charge is 0.383 e. The molecule has 136 valence electrons. The van der Waals surface area contributed by atoms with Gasteiger partial charge in [0.15, 0.2) is 0 Å². The molecule has 0 amide bonds. The monoisotopic (exact) mass is 385 g/mol. The number of fused-ring (bicyclic) bond motifs is 2. The minimum absolute atomic E-state index is 0.273. The van der Waals surface area contributed by atoms with Crippen LogP contribution in [0.3, 0.4) is 0 Å². The summed E-state index contributed by atoms with van der Waals surface area (Å²) < 4.78 is 1.53. The van der Waals surface area contributed by atoms with Crippen LogP contribution in [0, 0.1) is 6.92 Å². The van der Waals surface area contributed by atoms with Crippen molar-refractivity contribution in [2.45, 2.75) is 6.92 Å². The second-order valence-electron chi connectivity index (χ2n) is 6.56. The van der Waals surface area contributed by atoms with E-state index in [-0.39, 0.29) is 11.4 Å². The van der Waals surface area contributed by atoms with Gasteiger partial charge in [-0.15, -0.1) is 0 Å². The number of para-hydroxylation sites is 1. The second-order valence-corrected chi connectivity index (χ2v) is 7.51. The van der Waals surface area contributed by atoms with E-state index < -0.39 is 0 Å². The van der Waals surface area contributed by atoms with Crippen molar-refractivity contribution in [3.8, 4) is 10.6 Å². The molecule has 5 rings (SSSR count). The third kappa shape index (κ3) is 2.64. The highest BCUT2D eigenvalue weighted by Gasteiger charge is 2.17.